The van der Waals surface area contributed by atoms with Gasteiger partial charge in [-0.3, -0.25) is 4.79 Å². The molecule has 0 aliphatic carbocycles. The third-order valence-corrected chi connectivity index (χ3v) is 1.81. The van der Waals surface area contributed by atoms with E-state index in [2.05, 4.69) is 5.32 Å². The van der Waals surface area contributed by atoms with Gasteiger partial charge in [-0.15, -0.1) is 0 Å². The zero-order valence-corrected chi connectivity index (χ0v) is 7.92. The van der Waals surface area contributed by atoms with E-state index in [0.29, 0.717) is 5.56 Å². The Morgan fingerprint density at radius 3 is 2.77 bits per heavy atom. The first-order chi connectivity index (χ1) is 6.15. The van der Waals surface area contributed by atoms with Crippen molar-refractivity contribution in [2.24, 2.45) is 5.73 Å². The van der Waals surface area contributed by atoms with Crippen molar-refractivity contribution in [3.8, 4) is 0 Å². The summed E-state index contributed by atoms with van der Waals surface area (Å²) in [7, 11) is 0. The fraction of sp³-hybridized carbons (Fsp3) is 0.300. The van der Waals surface area contributed by atoms with Gasteiger partial charge < -0.3 is 11.1 Å². The number of nitrogens with one attached hydrogen (secondary N) is 1. The van der Waals surface area contributed by atoms with Crippen molar-refractivity contribution in [3.63, 3.8) is 0 Å². The monoisotopic (exact) mass is 178 g/mol. The summed E-state index contributed by atoms with van der Waals surface area (Å²) in [6, 6.07) is 5.54. The molecule has 1 amide bonds. The number of nitrogens with two attached hydrogens (primary N) is 1. The van der Waals surface area contributed by atoms with E-state index in [9.17, 15) is 4.79 Å². The van der Waals surface area contributed by atoms with Gasteiger partial charge in [0.2, 0.25) is 0 Å². The summed E-state index contributed by atoms with van der Waals surface area (Å²) in [6.07, 6.45) is 0. The third-order valence-electron chi connectivity index (χ3n) is 1.81. The number of rotatable bonds is 3. The van der Waals surface area contributed by atoms with Crippen LogP contribution in [0, 0.1) is 6.92 Å². The van der Waals surface area contributed by atoms with Gasteiger partial charge in [0.15, 0.2) is 0 Å². The van der Waals surface area contributed by atoms with Crippen molar-refractivity contribution in [2.75, 3.05) is 11.9 Å². The molecule has 1 aromatic rings. The summed E-state index contributed by atoms with van der Waals surface area (Å²) in [6.45, 7) is 4.74. The lowest BCUT2D eigenvalue weighted by Crippen LogP contribution is -2.14. The van der Waals surface area contributed by atoms with Gasteiger partial charge in [-0.1, -0.05) is 6.07 Å². The average Bonchev–Trinajstić information content (AvgIpc) is 2.04. The summed E-state index contributed by atoms with van der Waals surface area (Å²) in [5.41, 5.74) is 7.69. The molecule has 3 N–H and O–H groups in total. The molecule has 1 aromatic carbocycles. The predicted molar refractivity (Wildman–Crippen MR) is 53.9 cm³/mol. The Labute approximate surface area is 77.9 Å². The summed E-state index contributed by atoms with van der Waals surface area (Å²) in [4.78, 5) is 11.0. The largest absolute Gasteiger partial charge is 0.385 e. The van der Waals surface area contributed by atoms with E-state index >= 15 is 0 Å². The minimum Gasteiger partial charge on any atom is -0.385 e. The highest BCUT2D eigenvalue weighted by atomic mass is 16.1. The molecule has 3 nitrogen and oxygen atoms in total. The van der Waals surface area contributed by atoms with Crippen LogP contribution in [-0.2, 0) is 0 Å². The van der Waals surface area contributed by atoms with Gasteiger partial charge in [0.1, 0.15) is 0 Å². The summed E-state index contributed by atoms with van der Waals surface area (Å²) in [5.74, 6) is -0.393. The first-order valence-electron chi connectivity index (χ1n) is 4.29. The second kappa shape index (κ2) is 3.94. The number of hydrogen-bond donors (Lipinski definition) is 2. The first kappa shape index (κ1) is 9.58. The van der Waals surface area contributed by atoms with Crippen LogP contribution in [0.5, 0.6) is 0 Å². The Hall–Kier alpha value is -1.51. The van der Waals surface area contributed by atoms with Gasteiger partial charge in [-0.05, 0) is 31.5 Å². The predicted octanol–water partition coefficient (Wildman–Crippen LogP) is 1.53. The van der Waals surface area contributed by atoms with Crippen molar-refractivity contribution in [1.82, 2.24) is 0 Å². The van der Waals surface area contributed by atoms with Gasteiger partial charge in [0.05, 0.1) is 5.56 Å². The molecule has 0 fully saturated rings. The molecule has 0 spiro atoms. The molecule has 0 unspecified atom stereocenters. The van der Waals surface area contributed by atoms with Crippen LogP contribution in [0.1, 0.15) is 22.8 Å². The minimum absolute atomic E-state index is 0.393. The Morgan fingerprint density at radius 1 is 1.54 bits per heavy atom. The standard InChI is InChI=1S/C10H14N2O/c1-3-12-9-6-7(2)4-5-8(9)10(11)13/h4-6,12H,3H2,1-2H3,(H2,11,13). The van der Waals surface area contributed by atoms with Crippen LogP contribution in [0.3, 0.4) is 0 Å². The number of aryl methyl sites for hydroxylation is 1. The van der Waals surface area contributed by atoms with E-state index in [1.165, 1.54) is 0 Å². The average molecular weight is 178 g/mol. The van der Waals surface area contributed by atoms with E-state index in [-0.39, 0.29) is 0 Å². The minimum atomic E-state index is -0.393. The van der Waals surface area contributed by atoms with E-state index in [1.54, 1.807) is 6.07 Å². The van der Waals surface area contributed by atoms with Gasteiger partial charge in [-0.2, -0.15) is 0 Å². The fourth-order valence-corrected chi connectivity index (χ4v) is 1.21. The second-order valence-electron chi connectivity index (χ2n) is 2.94. The smallest absolute Gasteiger partial charge is 0.250 e. The van der Waals surface area contributed by atoms with Crippen molar-refractivity contribution in [1.29, 1.82) is 0 Å². The Bertz CT molecular complexity index is 321. The molecule has 1 rings (SSSR count). The second-order valence-corrected chi connectivity index (χ2v) is 2.94. The van der Waals surface area contributed by atoms with Crippen molar-refractivity contribution in [3.05, 3.63) is 29.3 Å². The number of hydrogen-bond acceptors (Lipinski definition) is 2. The zero-order valence-electron chi connectivity index (χ0n) is 7.92. The molecule has 3 heteroatoms. The highest BCUT2D eigenvalue weighted by Gasteiger charge is 2.06. The van der Waals surface area contributed by atoms with Gasteiger partial charge in [0.25, 0.3) is 5.91 Å². The molecule has 0 atom stereocenters. The van der Waals surface area contributed by atoms with Crippen LogP contribution < -0.4 is 11.1 Å². The lowest BCUT2D eigenvalue weighted by Gasteiger charge is -2.08. The molecule has 0 bridgehead atoms. The van der Waals surface area contributed by atoms with E-state index in [0.717, 1.165) is 17.8 Å². The van der Waals surface area contributed by atoms with Crippen molar-refractivity contribution >= 4 is 11.6 Å². The maximum atomic E-state index is 11.0. The molecule has 70 valence electrons. The third kappa shape index (κ3) is 2.21. The normalized spacial score (nSPS) is 9.69. The van der Waals surface area contributed by atoms with Gasteiger partial charge in [0, 0.05) is 12.2 Å². The Kier molecular flexibility index (Phi) is 2.90. The molecule has 0 saturated heterocycles. The molecule has 0 saturated carbocycles. The lowest BCUT2D eigenvalue weighted by atomic mass is 10.1. The molecule has 0 heterocycles. The number of carbonyl (C=O) groups is 1. The number of primary amides is 1. The zero-order chi connectivity index (χ0) is 9.84. The number of carbonyl (C=O) groups excluding carboxylic acids is 1. The number of anilines is 1. The molecular formula is C10H14N2O. The highest BCUT2D eigenvalue weighted by molar-refractivity contribution is 5.98. The summed E-state index contributed by atoms with van der Waals surface area (Å²) >= 11 is 0. The van der Waals surface area contributed by atoms with Crippen molar-refractivity contribution < 1.29 is 4.79 Å². The van der Waals surface area contributed by atoms with E-state index in [1.807, 2.05) is 26.0 Å². The maximum absolute atomic E-state index is 11.0. The quantitative estimate of drug-likeness (QED) is 0.737. The molecule has 0 aliphatic heterocycles. The number of benzene rings is 1. The maximum Gasteiger partial charge on any atom is 0.250 e. The van der Waals surface area contributed by atoms with Crippen LogP contribution >= 0.6 is 0 Å². The van der Waals surface area contributed by atoms with E-state index < -0.39 is 5.91 Å². The van der Waals surface area contributed by atoms with Crippen LogP contribution in [0.25, 0.3) is 0 Å². The summed E-state index contributed by atoms with van der Waals surface area (Å²) in [5, 5.41) is 3.10. The van der Waals surface area contributed by atoms with Gasteiger partial charge in [-0.25, -0.2) is 0 Å². The van der Waals surface area contributed by atoms with Crippen LogP contribution in [-0.4, -0.2) is 12.5 Å². The lowest BCUT2D eigenvalue weighted by molar-refractivity contribution is 0.100. The van der Waals surface area contributed by atoms with Crippen molar-refractivity contribution in [2.45, 2.75) is 13.8 Å². The summed E-state index contributed by atoms with van der Waals surface area (Å²) < 4.78 is 0. The highest BCUT2D eigenvalue weighted by Crippen LogP contribution is 2.16. The Morgan fingerprint density at radius 2 is 2.23 bits per heavy atom. The molecular weight excluding hydrogens is 164 g/mol. The SMILES string of the molecule is CCNc1cc(C)ccc1C(N)=O. The topological polar surface area (TPSA) is 55.1 Å². The fourth-order valence-electron chi connectivity index (χ4n) is 1.21. The molecule has 0 aliphatic rings. The molecule has 0 radical (unpaired) electrons. The molecule has 0 aromatic heterocycles. The van der Waals surface area contributed by atoms with E-state index in [4.69, 9.17) is 5.73 Å². The van der Waals surface area contributed by atoms with Crippen LogP contribution in [0.15, 0.2) is 18.2 Å². The first-order valence-corrected chi connectivity index (χ1v) is 4.29. The number of amides is 1. The van der Waals surface area contributed by atoms with Crippen LogP contribution in [0.2, 0.25) is 0 Å². The molecule has 13 heavy (non-hydrogen) atoms. The van der Waals surface area contributed by atoms with Crippen LogP contribution in [0.4, 0.5) is 5.69 Å². The Balaban J connectivity index is 3.10. The van der Waals surface area contributed by atoms with Gasteiger partial charge >= 0.3 is 0 Å².